The van der Waals surface area contributed by atoms with Gasteiger partial charge in [0, 0.05) is 26.6 Å². The Morgan fingerprint density at radius 2 is 2.31 bits per heavy atom. The standard InChI is InChI=1S/C6H9N.C4H7NO/c1-7-5-3-2-4-6-7;6-4-2-1-3-5-4/h2-5H,6H2,1H3;1-3H2,(H,5,6). The highest BCUT2D eigenvalue weighted by molar-refractivity contribution is 5.77. The highest BCUT2D eigenvalue weighted by Gasteiger charge is 2.05. The molecule has 2 aliphatic heterocycles. The molecule has 1 saturated heterocycles. The molecule has 0 saturated carbocycles. The summed E-state index contributed by atoms with van der Waals surface area (Å²) in [4.78, 5) is 12.3. The Hall–Kier alpha value is -1.25. The lowest BCUT2D eigenvalue weighted by Crippen LogP contribution is -2.12. The predicted molar refractivity (Wildman–Crippen MR) is 53.2 cm³/mol. The van der Waals surface area contributed by atoms with Gasteiger partial charge in [-0.1, -0.05) is 12.2 Å². The van der Waals surface area contributed by atoms with Gasteiger partial charge >= 0.3 is 0 Å². The maximum atomic E-state index is 10.1. The van der Waals surface area contributed by atoms with E-state index in [1.54, 1.807) is 0 Å². The Balaban J connectivity index is 0.000000132. The van der Waals surface area contributed by atoms with Crippen LogP contribution in [0.15, 0.2) is 24.4 Å². The van der Waals surface area contributed by atoms with Crippen molar-refractivity contribution in [3.8, 4) is 0 Å². The molecule has 1 amide bonds. The van der Waals surface area contributed by atoms with Gasteiger partial charge in [-0.25, -0.2) is 0 Å². The first-order chi connectivity index (χ1) is 6.29. The summed E-state index contributed by atoms with van der Waals surface area (Å²) in [5, 5.41) is 2.68. The molecule has 2 heterocycles. The Morgan fingerprint density at radius 3 is 2.54 bits per heavy atom. The molecular formula is C10H16N2O. The third-order valence-electron chi connectivity index (χ3n) is 1.88. The molecule has 0 bridgehead atoms. The van der Waals surface area contributed by atoms with Crippen molar-refractivity contribution in [2.24, 2.45) is 0 Å². The molecule has 0 aromatic rings. The molecule has 0 atom stereocenters. The minimum atomic E-state index is 0.204. The molecule has 0 unspecified atom stereocenters. The van der Waals surface area contributed by atoms with Crippen molar-refractivity contribution in [1.82, 2.24) is 10.2 Å². The van der Waals surface area contributed by atoms with Crippen LogP contribution in [0.25, 0.3) is 0 Å². The minimum Gasteiger partial charge on any atom is -0.377 e. The first kappa shape index (κ1) is 9.84. The summed E-state index contributed by atoms with van der Waals surface area (Å²) in [6, 6.07) is 0. The molecule has 13 heavy (non-hydrogen) atoms. The van der Waals surface area contributed by atoms with E-state index >= 15 is 0 Å². The normalized spacial score (nSPS) is 19.5. The smallest absolute Gasteiger partial charge is 0.220 e. The zero-order valence-corrected chi connectivity index (χ0v) is 7.99. The summed E-state index contributed by atoms with van der Waals surface area (Å²) in [5.74, 6) is 0.204. The van der Waals surface area contributed by atoms with E-state index in [4.69, 9.17) is 0 Å². The zero-order chi connectivity index (χ0) is 9.52. The number of nitrogens with one attached hydrogen (secondary N) is 1. The molecule has 3 heteroatoms. The second kappa shape index (κ2) is 5.41. The first-order valence-corrected chi connectivity index (χ1v) is 4.59. The number of hydrogen-bond donors (Lipinski definition) is 1. The molecule has 0 aromatic heterocycles. The van der Waals surface area contributed by atoms with Gasteiger partial charge in [0.2, 0.25) is 5.91 Å². The van der Waals surface area contributed by atoms with Crippen LogP contribution in [-0.4, -0.2) is 30.9 Å². The summed E-state index contributed by atoms with van der Waals surface area (Å²) in [7, 11) is 2.06. The fourth-order valence-corrected chi connectivity index (χ4v) is 1.13. The first-order valence-electron chi connectivity index (χ1n) is 4.59. The molecule has 72 valence electrons. The fraction of sp³-hybridized carbons (Fsp3) is 0.500. The Bertz CT molecular complexity index is 213. The van der Waals surface area contributed by atoms with Crippen molar-refractivity contribution in [2.45, 2.75) is 12.8 Å². The van der Waals surface area contributed by atoms with Crippen LogP contribution in [0.5, 0.6) is 0 Å². The molecular weight excluding hydrogens is 164 g/mol. The monoisotopic (exact) mass is 180 g/mol. The third-order valence-corrected chi connectivity index (χ3v) is 1.88. The second-order valence-electron chi connectivity index (χ2n) is 3.16. The van der Waals surface area contributed by atoms with Crippen LogP contribution in [0.2, 0.25) is 0 Å². The molecule has 0 radical (unpaired) electrons. The van der Waals surface area contributed by atoms with E-state index in [0.29, 0.717) is 0 Å². The van der Waals surface area contributed by atoms with E-state index in [1.165, 1.54) is 0 Å². The van der Waals surface area contributed by atoms with E-state index in [2.05, 4.69) is 35.6 Å². The van der Waals surface area contributed by atoms with Crippen LogP contribution in [-0.2, 0) is 4.79 Å². The Kier molecular flexibility index (Phi) is 4.09. The van der Waals surface area contributed by atoms with Gasteiger partial charge in [-0.05, 0) is 18.7 Å². The molecule has 0 aromatic carbocycles. The Labute approximate surface area is 79.1 Å². The van der Waals surface area contributed by atoms with Gasteiger partial charge in [0.05, 0.1) is 0 Å². The summed E-state index contributed by atoms with van der Waals surface area (Å²) < 4.78 is 0. The average Bonchev–Trinajstić information content (AvgIpc) is 2.58. The third kappa shape index (κ3) is 4.35. The molecule has 2 aliphatic rings. The van der Waals surface area contributed by atoms with Gasteiger partial charge in [-0.2, -0.15) is 0 Å². The molecule has 0 aliphatic carbocycles. The van der Waals surface area contributed by atoms with Gasteiger partial charge < -0.3 is 10.2 Å². The highest BCUT2D eigenvalue weighted by Crippen LogP contribution is 1.93. The fourth-order valence-electron chi connectivity index (χ4n) is 1.13. The number of amides is 1. The minimum absolute atomic E-state index is 0.204. The summed E-state index contributed by atoms with van der Waals surface area (Å²) in [6.07, 6.45) is 10.0. The van der Waals surface area contributed by atoms with Gasteiger partial charge in [-0.15, -0.1) is 0 Å². The topological polar surface area (TPSA) is 32.3 Å². The lowest BCUT2D eigenvalue weighted by Gasteiger charge is -2.11. The van der Waals surface area contributed by atoms with Crippen LogP contribution in [0, 0.1) is 0 Å². The number of allylic oxidation sites excluding steroid dienone is 2. The number of likely N-dealkylation sites (N-methyl/N-ethyl adjacent to an activating group) is 1. The van der Waals surface area contributed by atoms with E-state index in [-0.39, 0.29) is 5.91 Å². The number of carbonyl (C=O) groups is 1. The van der Waals surface area contributed by atoms with Gasteiger partial charge in [0.25, 0.3) is 0 Å². The average molecular weight is 180 g/mol. The molecule has 1 N–H and O–H groups in total. The van der Waals surface area contributed by atoms with Gasteiger partial charge in [0.1, 0.15) is 0 Å². The number of nitrogens with zero attached hydrogens (tertiary/aromatic N) is 1. The number of carbonyl (C=O) groups excluding carboxylic acids is 1. The maximum Gasteiger partial charge on any atom is 0.220 e. The lowest BCUT2D eigenvalue weighted by atomic mass is 10.4. The van der Waals surface area contributed by atoms with E-state index < -0.39 is 0 Å². The second-order valence-corrected chi connectivity index (χ2v) is 3.16. The van der Waals surface area contributed by atoms with Crippen LogP contribution in [0.1, 0.15) is 12.8 Å². The highest BCUT2D eigenvalue weighted by atomic mass is 16.1. The SMILES string of the molecule is CN1C=CC=CC1.O=C1CCCN1. The molecule has 1 fully saturated rings. The molecule has 0 spiro atoms. The van der Waals surface area contributed by atoms with Crippen molar-refractivity contribution >= 4 is 5.91 Å². The van der Waals surface area contributed by atoms with Crippen molar-refractivity contribution in [3.63, 3.8) is 0 Å². The summed E-state index contributed by atoms with van der Waals surface area (Å²) in [5.41, 5.74) is 0. The maximum absolute atomic E-state index is 10.1. The zero-order valence-electron chi connectivity index (χ0n) is 7.99. The summed E-state index contributed by atoms with van der Waals surface area (Å²) in [6.45, 7) is 1.94. The summed E-state index contributed by atoms with van der Waals surface area (Å²) >= 11 is 0. The van der Waals surface area contributed by atoms with Crippen molar-refractivity contribution in [1.29, 1.82) is 0 Å². The predicted octanol–water partition coefficient (Wildman–Crippen LogP) is 0.898. The molecule has 3 nitrogen and oxygen atoms in total. The Morgan fingerprint density at radius 1 is 1.46 bits per heavy atom. The molecule has 2 rings (SSSR count). The van der Waals surface area contributed by atoms with E-state index in [0.717, 1.165) is 25.9 Å². The quantitative estimate of drug-likeness (QED) is 0.600. The number of hydrogen-bond acceptors (Lipinski definition) is 2. The van der Waals surface area contributed by atoms with Gasteiger partial charge in [-0.3, -0.25) is 4.79 Å². The van der Waals surface area contributed by atoms with Crippen LogP contribution < -0.4 is 5.32 Å². The largest absolute Gasteiger partial charge is 0.377 e. The van der Waals surface area contributed by atoms with Crippen molar-refractivity contribution in [3.05, 3.63) is 24.4 Å². The van der Waals surface area contributed by atoms with Crippen LogP contribution >= 0.6 is 0 Å². The van der Waals surface area contributed by atoms with Crippen molar-refractivity contribution < 1.29 is 4.79 Å². The van der Waals surface area contributed by atoms with Crippen LogP contribution in [0.3, 0.4) is 0 Å². The van der Waals surface area contributed by atoms with Crippen LogP contribution in [0.4, 0.5) is 0 Å². The van der Waals surface area contributed by atoms with E-state index in [9.17, 15) is 4.79 Å². The van der Waals surface area contributed by atoms with E-state index in [1.807, 2.05) is 6.08 Å². The van der Waals surface area contributed by atoms with Gasteiger partial charge in [0.15, 0.2) is 0 Å². The number of rotatable bonds is 0. The van der Waals surface area contributed by atoms with Crippen molar-refractivity contribution in [2.75, 3.05) is 20.1 Å². The lowest BCUT2D eigenvalue weighted by molar-refractivity contribution is -0.119.